The number of non-ortho nitro benzene ring substituents is 1. The van der Waals surface area contributed by atoms with E-state index in [1.165, 1.54) is 11.8 Å². The fraction of sp³-hybridized carbons (Fsp3) is 0.222. The number of amides is 1. The van der Waals surface area contributed by atoms with Crippen molar-refractivity contribution in [2.45, 2.75) is 18.2 Å². The fourth-order valence-corrected chi connectivity index (χ4v) is 2.85. The molecule has 9 heteroatoms. The third-order valence-corrected chi connectivity index (χ3v) is 4.41. The second kappa shape index (κ2) is 9.67. The van der Waals surface area contributed by atoms with Gasteiger partial charge < -0.3 is 10.1 Å². The first-order valence-corrected chi connectivity index (χ1v) is 8.92. The highest BCUT2D eigenvalue weighted by molar-refractivity contribution is 7.99. The van der Waals surface area contributed by atoms with Gasteiger partial charge in [-0.05, 0) is 25.1 Å². The third kappa shape index (κ3) is 6.70. The van der Waals surface area contributed by atoms with Crippen LogP contribution >= 0.6 is 11.8 Å². The number of hydrogen-bond donors (Lipinski definition) is 1. The van der Waals surface area contributed by atoms with E-state index in [1.807, 2.05) is 31.2 Å². The number of ether oxygens (including phenoxy) is 1. The molecule has 0 saturated heterocycles. The number of halogens is 1. The van der Waals surface area contributed by atoms with E-state index in [0.717, 1.165) is 28.7 Å². The van der Waals surface area contributed by atoms with Crippen molar-refractivity contribution in [3.63, 3.8) is 0 Å². The summed E-state index contributed by atoms with van der Waals surface area (Å²) in [5, 5.41) is 12.8. The summed E-state index contributed by atoms with van der Waals surface area (Å²) in [4.78, 5) is 34.4. The molecule has 0 bridgehead atoms. The van der Waals surface area contributed by atoms with E-state index in [-0.39, 0.29) is 17.8 Å². The molecule has 2 aromatic carbocycles. The maximum Gasteiger partial charge on any atom is 0.307 e. The second-order valence-electron chi connectivity index (χ2n) is 5.54. The van der Waals surface area contributed by atoms with E-state index in [2.05, 4.69) is 5.32 Å². The quantitative estimate of drug-likeness (QED) is 0.318. The molecule has 0 fully saturated rings. The smallest absolute Gasteiger partial charge is 0.307 e. The van der Waals surface area contributed by atoms with E-state index in [4.69, 9.17) is 4.74 Å². The molecule has 0 radical (unpaired) electrons. The number of nitrogens with zero attached hydrogens (tertiary/aromatic N) is 1. The Kier molecular flexibility index (Phi) is 7.30. The van der Waals surface area contributed by atoms with Crippen LogP contribution in [-0.2, 0) is 14.3 Å². The lowest BCUT2D eigenvalue weighted by Gasteiger charge is -2.07. The maximum atomic E-state index is 13.6. The van der Waals surface area contributed by atoms with Crippen molar-refractivity contribution in [2.24, 2.45) is 0 Å². The van der Waals surface area contributed by atoms with Gasteiger partial charge in [0.1, 0.15) is 5.82 Å². The summed E-state index contributed by atoms with van der Waals surface area (Å²) < 4.78 is 18.4. The standard InChI is InChI=1S/C18H17FN2O5S/c1-12-2-5-14(6-3-12)27-9-8-18(23)26-11-17(22)20-16-10-13(21(24)25)4-7-15(16)19/h2-7,10H,8-9,11H2,1H3,(H,20,22). The van der Waals surface area contributed by atoms with Crippen LogP contribution in [0.1, 0.15) is 12.0 Å². The summed E-state index contributed by atoms with van der Waals surface area (Å²) >= 11 is 1.49. The summed E-state index contributed by atoms with van der Waals surface area (Å²) in [5.74, 6) is -1.68. The molecule has 0 aliphatic heterocycles. The SMILES string of the molecule is Cc1ccc(SCCC(=O)OCC(=O)Nc2cc([N+](=O)[O-])ccc2F)cc1. The van der Waals surface area contributed by atoms with Crippen molar-refractivity contribution in [3.8, 4) is 0 Å². The van der Waals surface area contributed by atoms with Gasteiger partial charge in [0.15, 0.2) is 6.61 Å². The number of anilines is 1. The van der Waals surface area contributed by atoms with Gasteiger partial charge in [-0.25, -0.2) is 4.39 Å². The van der Waals surface area contributed by atoms with Crippen LogP contribution in [0.15, 0.2) is 47.4 Å². The number of rotatable bonds is 8. The molecule has 0 heterocycles. The van der Waals surface area contributed by atoms with Crippen LogP contribution < -0.4 is 5.32 Å². The summed E-state index contributed by atoms with van der Waals surface area (Å²) in [5.41, 5.74) is 0.432. The van der Waals surface area contributed by atoms with Crippen LogP contribution in [0.5, 0.6) is 0 Å². The number of nitro groups is 1. The molecule has 1 N–H and O–H groups in total. The summed E-state index contributed by atoms with van der Waals surface area (Å²) in [6.07, 6.45) is 0.108. The van der Waals surface area contributed by atoms with Crippen molar-refractivity contribution in [3.05, 3.63) is 64.0 Å². The molecule has 0 spiro atoms. The van der Waals surface area contributed by atoms with Crippen molar-refractivity contribution < 1.29 is 23.6 Å². The van der Waals surface area contributed by atoms with E-state index < -0.39 is 29.2 Å². The zero-order chi connectivity index (χ0) is 19.8. The second-order valence-corrected chi connectivity index (χ2v) is 6.71. The highest BCUT2D eigenvalue weighted by Crippen LogP contribution is 2.21. The fourth-order valence-electron chi connectivity index (χ4n) is 2.01. The van der Waals surface area contributed by atoms with Crippen molar-refractivity contribution in [1.29, 1.82) is 0 Å². The van der Waals surface area contributed by atoms with Crippen LogP contribution in [0.4, 0.5) is 15.8 Å². The Bertz CT molecular complexity index is 842. The van der Waals surface area contributed by atoms with Crippen LogP contribution in [0.2, 0.25) is 0 Å². The Morgan fingerprint density at radius 1 is 1.22 bits per heavy atom. The van der Waals surface area contributed by atoms with Crippen molar-refractivity contribution >= 4 is 35.0 Å². The number of aryl methyl sites for hydroxylation is 1. The van der Waals surface area contributed by atoms with Gasteiger partial charge in [0.25, 0.3) is 11.6 Å². The number of nitrogens with one attached hydrogen (secondary N) is 1. The highest BCUT2D eigenvalue weighted by Gasteiger charge is 2.14. The number of esters is 1. The molecule has 7 nitrogen and oxygen atoms in total. The van der Waals surface area contributed by atoms with Gasteiger partial charge in [0, 0.05) is 22.8 Å². The maximum absolute atomic E-state index is 13.6. The minimum atomic E-state index is -0.824. The van der Waals surface area contributed by atoms with Gasteiger partial charge in [-0.3, -0.25) is 19.7 Å². The first-order chi connectivity index (χ1) is 12.8. The van der Waals surface area contributed by atoms with E-state index in [1.54, 1.807) is 0 Å². The third-order valence-electron chi connectivity index (χ3n) is 3.39. The van der Waals surface area contributed by atoms with Crippen molar-refractivity contribution in [2.75, 3.05) is 17.7 Å². The number of carbonyl (C=O) groups is 2. The molecule has 0 atom stereocenters. The van der Waals surface area contributed by atoms with Crippen LogP contribution in [0.3, 0.4) is 0 Å². The molecule has 1 amide bonds. The van der Waals surface area contributed by atoms with Gasteiger partial charge in [0.2, 0.25) is 0 Å². The number of thioether (sulfide) groups is 1. The topological polar surface area (TPSA) is 98.5 Å². The van der Waals surface area contributed by atoms with E-state index in [0.29, 0.717) is 5.75 Å². The Hall–Kier alpha value is -2.94. The minimum absolute atomic E-state index is 0.108. The molecule has 27 heavy (non-hydrogen) atoms. The molecule has 0 aliphatic rings. The lowest BCUT2D eigenvalue weighted by Crippen LogP contribution is -2.21. The monoisotopic (exact) mass is 392 g/mol. The average molecular weight is 392 g/mol. The molecule has 0 unspecified atom stereocenters. The normalized spacial score (nSPS) is 10.3. The van der Waals surface area contributed by atoms with Crippen LogP contribution in [0, 0.1) is 22.9 Å². The molecular formula is C18H17FN2O5S. The lowest BCUT2D eigenvalue weighted by molar-refractivity contribution is -0.384. The minimum Gasteiger partial charge on any atom is -0.456 e. The first kappa shape index (κ1) is 20.4. The average Bonchev–Trinajstić information content (AvgIpc) is 2.63. The van der Waals surface area contributed by atoms with E-state index >= 15 is 0 Å². The Balaban J connectivity index is 1.75. The van der Waals surface area contributed by atoms with Gasteiger partial charge in [-0.2, -0.15) is 0 Å². The summed E-state index contributed by atoms with van der Waals surface area (Å²) in [6, 6.07) is 10.6. The Morgan fingerprint density at radius 3 is 2.59 bits per heavy atom. The summed E-state index contributed by atoms with van der Waals surface area (Å²) in [6.45, 7) is 1.38. The van der Waals surface area contributed by atoms with Crippen LogP contribution in [0.25, 0.3) is 0 Å². The van der Waals surface area contributed by atoms with Gasteiger partial charge in [0.05, 0.1) is 17.0 Å². The Labute approximate surface area is 159 Å². The number of nitro benzene ring substituents is 1. The first-order valence-electron chi connectivity index (χ1n) is 7.94. The summed E-state index contributed by atoms with van der Waals surface area (Å²) in [7, 11) is 0. The number of hydrogen-bond acceptors (Lipinski definition) is 6. The Morgan fingerprint density at radius 2 is 1.93 bits per heavy atom. The molecule has 2 aromatic rings. The van der Waals surface area contributed by atoms with Gasteiger partial charge in [-0.1, -0.05) is 17.7 Å². The number of benzene rings is 2. The molecule has 0 aromatic heterocycles. The number of carbonyl (C=O) groups excluding carboxylic acids is 2. The highest BCUT2D eigenvalue weighted by atomic mass is 32.2. The molecular weight excluding hydrogens is 375 g/mol. The predicted molar refractivity (Wildman–Crippen MR) is 99.2 cm³/mol. The van der Waals surface area contributed by atoms with Crippen molar-refractivity contribution in [1.82, 2.24) is 0 Å². The molecule has 142 valence electrons. The molecule has 0 aliphatic carbocycles. The van der Waals surface area contributed by atoms with Gasteiger partial charge >= 0.3 is 5.97 Å². The van der Waals surface area contributed by atoms with Crippen LogP contribution in [-0.4, -0.2) is 29.2 Å². The predicted octanol–water partition coefficient (Wildman–Crippen LogP) is 3.71. The zero-order valence-electron chi connectivity index (χ0n) is 14.4. The molecule has 2 rings (SSSR count). The molecule has 0 saturated carbocycles. The zero-order valence-corrected chi connectivity index (χ0v) is 15.3. The largest absolute Gasteiger partial charge is 0.456 e. The van der Waals surface area contributed by atoms with Gasteiger partial charge in [-0.15, -0.1) is 11.8 Å². The lowest BCUT2D eigenvalue weighted by atomic mass is 10.2. The van der Waals surface area contributed by atoms with E-state index in [9.17, 15) is 24.1 Å².